The number of aryl methyl sites for hydroxylation is 2. The topological polar surface area (TPSA) is 119 Å². The van der Waals surface area contributed by atoms with E-state index in [0.29, 0.717) is 28.7 Å². The van der Waals surface area contributed by atoms with E-state index < -0.39 is 27.4 Å². The number of aromatic hydroxyl groups is 1. The number of aromatic nitrogens is 3. The van der Waals surface area contributed by atoms with Crippen molar-refractivity contribution in [3.63, 3.8) is 0 Å². The molecule has 1 N–H and O–H groups in total. The fourth-order valence-corrected chi connectivity index (χ4v) is 11.7. The molecule has 0 saturated heterocycles. The molecule has 0 bridgehead atoms. The van der Waals surface area contributed by atoms with Gasteiger partial charge in [-0.15, -0.1) is 15.0 Å². The summed E-state index contributed by atoms with van der Waals surface area (Å²) in [7, 11) is -7.08. The lowest BCUT2D eigenvalue weighted by Crippen LogP contribution is -2.42. The van der Waals surface area contributed by atoms with Crippen LogP contribution in [0.2, 0.25) is 0 Å². The molecule has 224 valence electrons. The molecule has 0 aliphatic carbocycles. The van der Waals surface area contributed by atoms with Crippen molar-refractivity contribution >= 4 is 126 Å². The molecule has 3 rings (SSSR count). The summed E-state index contributed by atoms with van der Waals surface area (Å²) in [6, 6.07) is 8.08. The van der Waals surface area contributed by atoms with Crippen LogP contribution in [0.3, 0.4) is 0 Å². The highest BCUT2D eigenvalue weighted by molar-refractivity contribution is 9.42. The Morgan fingerprint density at radius 2 is 1.32 bits per heavy atom. The second-order valence-electron chi connectivity index (χ2n) is 11.0. The van der Waals surface area contributed by atoms with Gasteiger partial charge in [0.25, 0.3) is 0 Å². The summed E-state index contributed by atoms with van der Waals surface area (Å²) in [5, 5.41) is 18.9. The largest absolute Gasteiger partial charge is 0.505 e. The number of hydrogen-bond donors (Lipinski definition) is 1. The molecule has 8 nitrogen and oxygen atoms in total. The first-order valence-corrected chi connectivity index (χ1v) is 19.2. The van der Waals surface area contributed by atoms with Crippen molar-refractivity contribution in [1.29, 1.82) is 0 Å². The number of benzene rings is 2. The number of rotatable bonds is 4. The van der Waals surface area contributed by atoms with E-state index in [2.05, 4.69) is 106 Å². The third kappa shape index (κ3) is 8.32. The number of phenolic OH excluding ortho intramolecular Hbond substituents is 1. The Bertz CT molecular complexity index is 1620. The average molecular weight is 983 g/mol. The first-order valence-electron chi connectivity index (χ1n) is 11.5. The molecule has 1 aromatic heterocycles. The van der Waals surface area contributed by atoms with Crippen molar-refractivity contribution < 1.29 is 21.9 Å². The van der Waals surface area contributed by atoms with Crippen LogP contribution < -0.4 is 0 Å². The van der Waals surface area contributed by atoms with Crippen molar-refractivity contribution in [2.75, 3.05) is 0 Å². The van der Waals surface area contributed by atoms with Crippen LogP contribution in [0.15, 0.2) is 35.2 Å². The van der Waals surface area contributed by atoms with Gasteiger partial charge >= 0.3 is 0 Å². The Kier molecular flexibility index (Phi) is 11.4. The van der Waals surface area contributed by atoms with Gasteiger partial charge < -0.3 is 5.11 Å². The molecule has 0 aliphatic rings. The van der Waals surface area contributed by atoms with Gasteiger partial charge in [0.1, 0.15) is 22.5 Å². The number of sulfone groups is 2. The summed E-state index contributed by atoms with van der Waals surface area (Å²) < 4.78 is 45.9. The van der Waals surface area contributed by atoms with E-state index in [1.807, 2.05) is 33.8 Å². The third-order valence-electron chi connectivity index (χ3n) is 5.60. The lowest BCUT2D eigenvalue weighted by molar-refractivity contribution is 0.329. The van der Waals surface area contributed by atoms with Gasteiger partial charge in [-0.2, -0.15) is 0 Å². The molecule has 0 fully saturated rings. The fraction of sp³-hybridized carbons (Fsp3) is 0.500. The highest BCUT2D eigenvalue weighted by atomic mass is 80.0. The van der Waals surface area contributed by atoms with Gasteiger partial charge in [-0.25, -0.2) is 16.8 Å². The van der Waals surface area contributed by atoms with Crippen LogP contribution in [0, 0.1) is 19.3 Å². The van der Waals surface area contributed by atoms with Gasteiger partial charge in [0.2, 0.25) is 12.8 Å². The van der Waals surface area contributed by atoms with Crippen molar-refractivity contribution in [1.82, 2.24) is 15.0 Å². The highest BCUT2D eigenvalue weighted by Gasteiger charge is 2.48. The number of halogens is 6. The Morgan fingerprint density at radius 3 is 1.80 bits per heavy atom. The molecular weight excluding hydrogens is 954 g/mol. The molecule has 3 aromatic rings. The number of alkyl halides is 6. The predicted molar refractivity (Wildman–Crippen MR) is 183 cm³/mol. The van der Waals surface area contributed by atoms with E-state index in [9.17, 15) is 21.9 Å². The maximum atomic E-state index is 12.5. The first kappa shape index (κ1) is 36.6. The monoisotopic (exact) mass is 977 g/mol. The van der Waals surface area contributed by atoms with Gasteiger partial charge in [-0.05, 0) is 171 Å². The Balaban J connectivity index is 0.000000323. The first-order chi connectivity index (χ1) is 17.7. The minimum atomic E-state index is -3.72. The Morgan fingerprint density at radius 1 is 0.800 bits per heavy atom. The highest BCUT2D eigenvalue weighted by Crippen LogP contribution is 2.48. The third-order valence-corrected chi connectivity index (χ3v) is 17.0. The molecule has 40 heavy (non-hydrogen) atoms. The van der Waals surface area contributed by atoms with E-state index >= 15 is 0 Å². The smallest absolute Gasteiger partial charge is 0.239 e. The maximum absolute atomic E-state index is 12.5. The van der Waals surface area contributed by atoms with Gasteiger partial charge in [-0.3, -0.25) is 0 Å². The summed E-state index contributed by atoms with van der Waals surface area (Å²) in [6.07, 6.45) is 0.590. The van der Waals surface area contributed by atoms with Gasteiger partial charge in [-0.1, -0.05) is 26.8 Å². The molecule has 1 heterocycles. The maximum Gasteiger partial charge on any atom is 0.239 e. The quantitative estimate of drug-likeness (QED) is 0.260. The number of phenols is 1. The van der Waals surface area contributed by atoms with Crippen molar-refractivity contribution in [2.24, 2.45) is 5.41 Å². The fourth-order valence-electron chi connectivity index (χ4n) is 4.08. The van der Waals surface area contributed by atoms with Gasteiger partial charge in [0, 0.05) is 0 Å². The number of nitrogens with zero attached hydrogens (tertiary/aromatic N) is 3. The zero-order chi connectivity index (χ0) is 31.3. The van der Waals surface area contributed by atoms with Crippen LogP contribution >= 0.6 is 95.6 Å². The number of hydrogen-bond acceptors (Lipinski definition) is 7. The zero-order valence-electron chi connectivity index (χ0n) is 22.6. The second kappa shape index (κ2) is 12.4. The lowest BCUT2D eigenvalue weighted by atomic mass is 9.86. The summed E-state index contributed by atoms with van der Waals surface area (Å²) in [5.74, 6) is 0.0825. The van der Waals surface area contributed by atoms with Gasteiger partial charge in [0.05, 0.1) is 9.64 Å². The Hall–Kier alpha value is 0.420. The average Bonchev–Trinajstić information content (AvgIpc) is 3.16. The summed E-state index contributed by atoms with van der Waals surface area (Å²) in [5.41, 5.74) is 2.99. The van der Waals surface area contributed by atoms with Crippen LogP contribution in [-0.4, -0.2) is 44.6 Å². The van der Waals surface area contributed by atoms with E-state index in [-0.39, 0.29) is 16.1 Å². The normalized spacial score (nSPS) is 13.7. The van der Waals surface area contributed by atoms with Crippen LogP contribution in [0.4, 0.5) is 0 Å². The Labute approximate surface area is 286 Å². The van der Waals surface area contributed by atoms with Crippen molar-refractivity contribution in [3.8, 4) is 11.4 Å². The SMILES string of the molecule is CC(C)(C)CC(C)(C)S(=O)(=O)C(Br)(Br)Br.Cc1cc(C)c(O)c(-n2nc3ccc(S(=O)(=O)C(Br)(Br)Br)cc3n2)c1. The summed E-state index contributed by atoms with van der Waals surface area (Å²) >= 11 is 18.4. The van der Waals surface area contributed by atoms with E-state index in [1.165, 1.54) is 16.9 Å². The zero-order valence-corrected chi connectivity index (χ0v) is 33.7. The molecule has 0 atom stereocenters. The van der Waals surface area contributed by atoms with E-state index in [1.54, 1.807) is 32.9 Å². The van der Waals surface area contributed by atoms with Crippen LogP contribution in [0.25, 0.3) is 16.7 Å². The summed E-state index contributed by atoms with van der Waals surface area (Å²) in [4.78, 5) is 1.38. The minimum Gasteiger partial charge on any atom is -0.505 e. The number of fused-ring (bicyclic) bond motifs is 1. The molecule has 2 aromatic carbocycles. The molecule has 0 aliphatic heterocycles. The van der Waals surface area contributed by atoms with Crippen LogP contribution in [0.5, 0.6) is 5.75 Å². The second-order valence-corrected chi connectivity index (χ2v) is 32.5. The van der Waals surface area contributed by atoms with Crippen molar-refractivity contribution in [3.05, 3.63) is 41.5 Å². The van der Waals surface area contributed by atoms with Crippen LogP contribution in [0.1, 0.15) is 52.2 Å². The van der Waals surface area contributed by atoms with Crippen molar-refractivity contribution in [2.45, 2.75) is 67.5 Å². The van der Waals surface area contributed by atoms with E-state index in [0.717, 1.165) is 5.56 Å². The molecule has 0 amide bonds. The lowest BCUT2D eigenvalue weighted by Gasteiger charge is -2.34. The standard InChI is InChI=1S/C15H12Br3N3O3S.C9H17Br3O2S/c1-8-5-9(2)14(22)13(6-8)21-19-11-4-3-10(7-12(11)20-21)25(23,24)15(16,17)18;1-7(2,3)6-8(4,5)15(13,14)9(10,11)12/h3-7,22H,1-2H3;6H2,1-5H3. The predicted octanol–water partition coefficient (Wildman–Crippen LogP) is 8.72. The minimum absolute atomic E-state index is 0.0329. The molecule has 0 spiro atoms. The molecular formula is C24H29Br6N3O5S2. The molecule has 0 unspecified atom stereocenters. The van der Waals surface area contributed by atoms with Gasteiger partial charge in [0.15, 0.2) is 9.84 Å². The van der Waals surface area contributed by atoms with Crippen LogP contribution in [-0.2, 0) is 19.7 Å². The molecule has 16 heteroatoms. The molecule has 0 radical (unpaired) electrons. The summed E-state index contributed by atoms with van der Waals surface area (Å²) in [6.45, 7) is 13.3. The molecule has 0 saturated carbocycles. The van der Waals surface area contributed by atoms with E-state index in [4.69, 9.17) is 0 Å².